The predicted molar refractivity (Wildman–Crippen MR) is 111 cm³/mol. The van der Waals surface area contributed by atoms with Gasteiger partial charge in [-0.05, 0) is 44.2 Å². The molecule has 1 heterocycles. The smallest absolute Gasteiger partial charge is 0.338 e. The van der Waals surface area contributed by atoms with Crippen LogP contribution < -0.4 is 15.5 Å². The summed E-state index contributed by atoms with van der Waals surface area (Å²) in [6, 6.07) is 9.56. The van der Waals surface area contributed by atoms with Crippen LogP contribution in [0.1, 0.15) is 44.9 Å². The second kappa shape index (κ2) is 8.97. The molecule has 160 valence electrons. The van der Waals surface area contributed by atoms with Crippen molar-refractivity contribution in [3.8, 4) is 0 Å². The van der Waals surface area contributed by atoms with Crippen LogP contribution in [0.25, 0.3) is 0 Å². The average molecular weight is 444 g/mol. The first-order chi connectivity index (χ1) is 14.7. The number of hydrogen-bond acceptors (Lipinski definition) is 6. The van der Waals surface area contributed by atoms with E-state index in [0.717, 1.165) is 4.90 Å². The molecule has 0 aliphatic carbocycles. The number of urea groups is 1. The third-order valence-electron chi connectivity index (χ3n) is 4.44. The van der Waals surface area contributed by atoms with E-state index in [4.69, 9.17) is 16.3 Å². The number of amides is 5. The number of halogens is 1. The Morgan fingerprint density at radius 2 is 1.74 bits per heavy atom. The molecule has 31 heavy (non-hydrogen) atoms. The van der Waals surface area contributed by atoms with Gasteiger partial charge >= 0.3 is 12.0 Å². The van der Waals surface area contributed by atoms with Crippen LogP contribution in [-0.4, -0.2) is 42.4 Å². The molecule has 0 saturated heterocycles. The average Bonchev–Trinajstić information content (AvgIpc) is 2.98. The van der Waals surface area contributed by atoms with Crippen molar-refractivity contribution >= 4 is 47.0 Å². The molecule has 0 aromatic heterocycles. The van der Waals surface area contributed by atoms with Crippen LogP contribution in [0.15, 0.2) is 42.5 Å². The van der Waals surface area contributed by atoms with Crippen LogP contribution in [0, 0.1) is 0 Å². The predicted octanol–water partition coefficient (Wildman–Crippen LogP) is 2.53. The van der Waals surface area contributed by atoms with Crippen molar-refractivity contribution in [3.05, 3.63) is 64.2 Å². The Bertz CT molecular complexity index is 1100. The summed E-state index contributed by atoms with van der Waals surface area (Å²) < 4.78 is 5.07. The van der Waals surface area contributed by atoms with E-state index in [1.165, 1.54) is 31.2 Å². The minimum absolute atomic E-state index is 0.0128. The maximum Gasteiger partial charge on any atom is 0.338 e. The molecular formula is C21H18ClN3O6. The first kappa shape index (κ1) is 22.0. The van der Waals surface area contributed by atoms with Crippen molar-refractivity contribution in [1.29, 1.82) is 0 Å². The Morgan fingerprint density at radius 1 is 1.06 bits per heavy atom. The number of anilines is 1. The van der Waals surface area contributed by atoms with Crippen LogP contribution in [0.5, 0.6) is 0 Å². The maximum absolute atomic E-state index is 12.8. The summed E-state index contributed by atoms with van der Waals surface area (Å²) in [5, 5.41) is 4.64. The molecule has 0 fully saturated rings. The molecule has 0 bridgehead atoms. The molecule has 2 aromatic carbocycles. The van der Waals surface area contributed by atoms with Crippen molar-refractivity contribution in [2.45, 2.75) is 20.0 Å². The molecule has 1 atom stereocenters. The quantitative estimate of drug-likeness (QED) is 0.541. The number of fused-ring (bicyclic) bond motifs is 1. The van der Waals surface area contributed by atoms with E-state index in [9.17, 15) is 24.0 Å². The molecule has 1 unspecified atom stereocenters. The van der Waals surface area contributed by atoms with Gasteiger partial charge in [-0.3, -0.25) is 19.7 Å². The summed E-state index contributed by atoms with van der Waals surface area (Å²) in [5.74, 6) is -2.90. The minimum atomic E-state index is -1.26. The van der Waals surface area contributed by atoms with E-state index in [-0.39, 0.29) is 27.4 Å². The van der Waals surface area contributed by atoms with Crippen LogP contribution in [-0.2, 0) is 9.53 Å². The lowest BCUT2D eigenvalue weighted by atomic mass is 10.1. The van der Waals surface area contributed by atoms with Crippen molar-refractivity contribution in [2.75, 3.05) is 11.4 Å². The zero-order valence-corrected chi connectivity index (χ0v) is 17.4. The number of nitrogens with one attached hydrogen (secondary N) is 2. The fourth-order valence-corrected chi connectivity index (χ4v) is 3.14. The first-order valence-electron chi connectivity index (χ1n) is 9.31. The number of carbonyl (C=O) groups excluding carboxylic acids is 5. The van der Waals surface area contributed by atoms with Crippen LogP contribution >= 0.6 is 11.6 Å². The Labute approximate surface area is 182 Å². The van der Waals surface area contributed by atoms with Gasteiger partial charge < -0.3 is 10.1 Å². The van der Waals surface area contributed by atoms with Gasteiger partial charge in [0.25, 0.3) is 17.7 Å². The molecule has 1 aliphatic heterocycles. The number of para-hydroxylation sites is 1. The van der Waals surface area contributed by atoms with E-state index in [1.807, 2.05) is 5.32 Å². The largest absolute Gasteiger partial charge is 0.449 e. The fraction of sp³-hybridized carbons (Fsp3) is 0.190. The van der Waals surface area contributed by atoms with Gasteiger partial charge in [0.15, 0.2) is 6.10 Å². The fourth-order valence-electron chi connectivity index (χ4n) is 2.92. The van der Waals surface area contributed by atoms with Crippen molar-refractivity contribution in [3.63, 3.8) is 0 Å². The number of esters is 1. The molecule has 3 rings (SSSR count). The summed E-state index contributed by atoms with van der Waals surface area (Å²) in [7, 11) is 0. The first-order valence-corrected chi connectivity index (χ1v) is 9.69. The van der Waals surface area contributed by atoms with Crippen molar-refractivity contribution < 1.29 is 28.7 Å². The summed E-state index contributed by atoms with van der Waals surface area (Å²) >= 11 is 6.12. The highest BCUT2D eigenvalue weighted by Gasteiger charge is 2.38. The van der Waals surface area contributed by atoms with Crippen molar-refractivity contribution in [1.82, 2.24) is 10.6 Å². The molecule has 5 amide bonds. The Kier molecular flexibility index (Phi) is 6.36. The topological polar surface area (TPSA) is 122 Å². The summed E-state index contributed by atoms with van der Waals surface area (Å²) in [4.78, 5) is 62.3. The van der Waals surface area contributed by atoms with Crippen LogP contribution in [0.2, 0.25) is 5.02 Å². The van der Waals surface area contributed by atoms with Gasteiger partial charge in [0.2, 0.25) is 0 Å². The zero-order chi connectivity index (χ0) is 22.7. The summed E-state index contributed by atoms with van der Waals surface area (Å²) in [6.07, 6.45) is -1.26. The Hall–Kier alpha value is -3.72. The summed E-state index contributed by atoms with van der Waals surface area (Å²) in [5.41, 5.74) is 0.330. The number of hydrogen-bond donors (Lipinski definition) is 2. The number of carbonyl (C=O) groups is 5. The van der Waals surface area contributed by atoms with E-state index in [1.54, 1.807) is 25.1 Å². The third kappa shape index (κ3) is 4.41. The molecular weight excluding hydrogens is 426 g/mol. The lowest BCUT2D eigenvalue weighted by molar-refractivity contribution is -0.127. The van der Waals surface area contributed by atoms with Crippen molar-refractivity contribution in [2.24, 2.45) is 0 Å². The molecule has 9 nitrogen and oxygen atoms in total. The minimum Gasteiger partial charge on any atom is -0.449 e. The second-order valence-electron chi connectivity index (χ2n) is 6.55. The number of nitrogens with zero attached hydrogens (tertiary/aromatic N) is 1. The number of rotatable bonds is 5. The highest BCUT2D eigenvalue weighted by molar-refractivity contribution is 6.39. The molecule has 0 saturated carbocycles. The standard InChI is InChI=1S/C21H18ClN3O6/c1-3-23-21(30)24-17(26)11(2)31-20(29)12-8-9-13-14(10-12)19(28)25(18(13)27)16-7-5-4-6-15(16)22/h4-11H,3H2,1-2H3,(H2,23,24,26,30). The monoisotopic (exact) mass is 443 g/mol. The Balaban J connectivity index is 1.77. The highest BCUT2D eigenvalue weighted by atomic mass is 35.5. The zero-order valence-electron chi connectivity index (χ0n) is 16.6. The molecule has 2 aromatic rings. The third-order valence-corrected chi connectivity index (χ3v) is 4.76. The SMILES string of the molecule is CCNC(=O)NC(=O)C(C)OC(=O)c1ccc2c(c1)C(=O)N(c1ccccc1Cl)C2=O. The van der Waals surface area contributed by atoms with Gasteiger partial charge in [0.05, 0.1) is 27.4 Å². The van der Waals surface area contributed by atoms with Gasteiger partial charge in [-0.1, -0.05) is 23.7 Å². The van der Waals surface area contributed by atoms with E-state index in [0.29, 0.717) is 6.54 Å². The normalized spacial score (nSPS) is 13.5. The van der Waals surface area contributed by atoms with Gasteiger partial charge in [0, 0.05) is 6.54 Å². The molecule has 0 spiro atoms. The summed E-state index contributed by atoms with van der Waals surface area (Å²) in [6.45, 7) is 3.30. The van der Waals surface area contributed by atoms with Gasteiger partial charge in [0.1, 0.15) is 0 Å². The van der Waals surface area contributed by atoms with E-state index in [2.05, 4.69) is 5.32 Å². The lowest BCUT2D eigenvalue weighted by Crippen LogP contribution is -2.44. The van der Waals surface area contributed by atoms with Gasteiger partial charge in [-0.25, -0.2) is 14.5 Å². The van der Waals surface area contributed by atoms with Crippen LogP contribution in [0.3, 0.4) is 0 Å². The molecule has 2 N–H and O–H groups in total. The number of imide groups is 2. The van der Waals surface area contributed by atoms with Crippen LogP contribution in [0.4, 0.5) is 10.5 Å². The van der Waals surface area contributed by atoms with Gasteiger partial charge in [-0.15, -0.1) is 0 Å². The van der Waals surface area contributed by atoms with Gasteiger partial charge in [-0.2, -0.15) is 0 Å². The number of ether oxygens (including phenoxy) is 1. The number of benzene rings is 2. The van der Waals surface area contributed by atoms with E-state index < -0.39 is 35.8 Å². The molecule has 1 aliphatic rings. The lowest BCUT2D eigenvalue weighted by Gasteiger charge is -2.15. The molecule has 0 radical (unpaired) electrons. The van der Waals surface area contributed by atoms with E-state index >= 15 is 0 Å². The highest BCUT2D eigenvalue weighted by Crippen LogP contribution is 2.33. The Morgan fingerprint density at radius 3 is 2.42 bits per heavy atom. The second-order valence-corrected chi connectivity index (χ2v) is 6.96. The maximum atomic E-state index is 12.8. The molecule has 10 heteroatoms.